The van der Waals surface area contributed by atoms with E-state index >= 15 is 0 Å². The molecule has 1 saturated heterocycles. The summed E-state index contributed by atoms with van der Waals surface area (Å²) in [4.78, 5) is 11.3. The minimum absolute atomic E-state index is 0. The van der Waals surface area contributed by atoms with Crippen molar-refractivity contribution in [3.05, 3.63) is 0 Å². The molecule has 8 heteroatoms. The molecule has 1 fully saturated rings. The Bertz CT molecular complexity index is 235. The van der Waals surface area contributed by atoms with Crippen molar-refractivity contribution < 1.29 is 18.0 Å². The van der Waals surface area contributed by atoms with Crippen LogP contribution in [-0.4, -0.2) is 42.7 Å². The van der Waals surface area contributed by atoms with Gasteiger partial charge in [0.15, 0.2) is 0 Å². The predicted molar refractivity (Wildman–Crippen MR) is 64.7 cm³/mol. The minimum atomic E-state index is -4.20. The molecule has 17 heavy (non-hydrogen) atoms. The minimum Gasteiger partial charge on any atom is -0.356 e. The average molecular weight is 293 g/mol. The van der Waals surface area contributed by atoms with Crippen molar-refractivity contribution in [1.82, 2.24) is 10.6 Å². The van der Waals surface area contributed by atoms with Gasteiger partial charge in [0.05, 0.1) is 6.42 Å². The van der Waals surface area contributed by atoms with E-state index in [1.54, 1.807) is 11.8 Å². The van der Waals surface area contributed by atoms with Crippen molar-refractivity contribution in [2.24, 2.45) is 0 Å². The lowest BCUT2D eigenvalue weighted by atomic mass is 10.2. The lowest BCUT2D eigenvalue weighted by Crippen LogP contribution is -2.41. The first-order chi connectivity index (χ1) is 7.47. The van der Waals surface area contributed by atoms with E-state index in [4.69, 9.17) is 0 Å². The van der Waals surface area contributed by atoms with E-state index in [-0.39, 0.29) is 37.3 Å². The van der Waals surface area contributed by atoms with Crippen LogP contribution in [0.15, 0.2) is 0 Å². The van der Waals surface area contributed by atoms with Gasteiger partial charge in [-0.3, -0.25) is 4.79 Å². The van der Waals surface area contributed by atoms with Gasteiger partial charge in [-0.15, -0.1) is 12.4 Å². The summed E-state index contributed by atoms with van der Waals surface area (Å²) >= 11 is 1.75. The van der Waals surface area contributed by atoms with Gasteiger partial charge >= 0.3 is 6.18 Å². The van der Waals surface area contributed by atoms with E-state index in [1.807, 2.05) is 0 Å². The topological polar surface area (TPSA) is 41.1 Å². The second-order valence-corrected chi connectivity index (χ2v) is 4.80. The van der Waals surface area contributed by atoms with Crippen LogP contribution in [0.1, 0.15) is 12.8 Å². The molecular weight excluding hydrogens is 277 g/mol. The van der Waals surface area contributed by atoms with Crippen LogP contribution < -0.4 is 10.6 Å². The average Bonchev–Trinajstić information content (AvgIpc) is 2.17. The summed E-state index contributed by atoms with van der Waals surface area (Å²) in [7, 11) is 0. The third-order valence-electron chi connectivity index (χ3n) is 2.16. The van der Waals surface area contributed by atoms with Gasteiger partial charge in [-0.05, 0) is 0 Å². The standard InChI is InChI=1S/C9H15F3N2OS.ClH/c10-9(11,12)1-2-14-8(15)5-7-6-16-4-3-13-7;/h7,13H,1-6H2,(H,14,15);1H. The van der Waals surface area contributed by atoms with Gasteiger partial charge in [0.1, 0.15) is 0 Å². The van der Waals surface area contributed by atoms with E-state index in [0.29, 0.717) is 0 Å². The zero-order valence-corrected chi connectivity index (χ0v) is 10.8. The summed E-state index contributed by atoms with van der Waals surface area (Å²) < 4.78 is 35.4. The van der Waals surface area contributed by atoms with Crippen LogP contribution >= 0.6 is 24.2 Å². The van der Waals surface area contributed by atoms with Crippen molar-refractivity contribution in [3.63, 3.8) is 0 Å². The molecule has 0 aromatic heterocycles. The van der Waals surface area contributed by atoms with Crippen LogP contribution in [0.25, 0.3) is 0 Å². The number of alkyl halides is 3. The zero-order chi connectivity index (χ0) is 12.0. The lowest BCUT2D eigenvalue weighted by molar-refractivity contribution is -0.135. The summed E-state index contributed by atoms with van der Waals surface area (Å²) in [5, 5.41) is 5.43. The number of halogens is 4. The highest BCUT2D eigenvalue weighted by Gasteiger charge is 2.26. The van der Waals surface area contributed by atoms with Crippen LogP contribution in [-0.2, 0) is 4.79 Å². The van der Waals surface area contributed by atoms with Gasteiger partial charge in [-0.1, -0.05) is 0 Å². The molecule has 1 aliphatic heterocycles. The molecule has 2 N–H and O–H groups in total. The van der Waals surface area contributed by atoms with E-state index in [9.17, 15) is 18.0 Å². The molecule has 102 valence electrons. The number of rotatable bonds is 4. The molecule has 1 unspecified atom stereocenters. The van der Waals surface area contributed by atoms with Gasteiger partial charge in [-0.2, -0.15) is 24.9 Å². The van der Waals surface area contributed by atoms with E-state index in [1.165, 1.54) is 0 Å². The van der Waals surface area contributed by atoms with Crippen LogP contribution in [0, 0.1) is 0 Å². The highest BCUT2D eigenvalue weighted by Crippen LogP contribution is 2.18. The van der Waals surface area contributed by atoms with Crippen LogP contribution in [0.4, 0.5) is 13.2 Å². The Morgan fingerprint density at radius 1 is 1.47 bits per heavy atom. The van der Waals surface area contributed by atoms with Crippen molar-refractivity contribution in [2.45, 2.75) is 25.1 Å². The monoisotopic (exact) mass is 292 g/mol. The molecular formula is C9H16ClF3N2OS. The van der Waals surface area contributed by atoms with Crippen LogP contribution in [0.3, 0.4) is 0 Å². The molecule has 3 nitrogen and oxygen atoms in total. The first kappa shape index (κ1) is 16.9. The third-order valence-corrected chi connectivity index (χ3v) is 3.29. The molecule has 0 aliphatic carbocycles. The fraction of sp³-hybridized carbons (Fsp3) is 0.889. The number of amides is 1. The fourth-order valence-electron chi connectivity index (χ4n) is 1.39. The number of carbonyl (C=O) groups excluding carboxylic acids is 1. The number of hydrogen-bond acceptors (Lipinski definition) is 3. The predicted octanol–water partition coefficient (Wildman–Crippen LogP) is 1.57. The summed E-state index contributed by atoms with van der Waals surface area (Å²) in [6, 6.07) is 0.0876. The maximum atomic E-state index is 11.8. The van der Waals surface area contributed by atoms with Crippen molar-refractivity contribution >= 4 is 30.1 Å². The van der Waals surface area contributed by atoms with Gasteiger partial charge < -0.3 is 10.6 Å². The number of thioether (sulfide) groups is 1. The zero-order valence-electron chi connectivity index (χ0n) is 9.18. The van der Waals surface area contributed by atoms with E-state index in [2.05, 4.69) is 10.6 Å². The molecule has 0 spiro atoms. The normalized spacial score (nSPS) is 20.5. The Labute approximate surface area is 109 Å². The highest BCUT2D eigenvalue weighted by molar-refractivity contribution is 7.99. The molecule has 1 heterocycles. The van der Waals surface area contributed by atoms with Gasteiger partial charge in [-0.25, -0.2) is 0 Å². The molecule has 0 saturated carbocycles. The molecule has 0 aromatic carbocycles. The number of carbonyl (C=O) groups is 1. The SMILES string of the molecule is Cl.O=C(CC1CSCCN1)NCCC(F)(F)F. The molecule has 1 amide bonds. The fourth-order valence-corrected chi connectivity index (χ4v) is 2.34. The molecule has 1 aliphatic rings. The smallest absolute Gasteiger partial charge is 0.356 e. The maximum Gasteiger partial charge on any atom is 0.390 e. The van der Waals surface area contributed by atoms with Crippen LogP contribution in [0.2, 0.25) is 0 Å². The molecule has 1 atom stereocenters. The summed E-state index contributed by atoms with van der Waals surface area (Å²) in [5.41, 5.74) is 0. The Kier molecular flexibility index (Phi) is 7.98. The molecule has 0 bridgehead atoms. The number of hydrogen-bond donors (Lipinski definition) is 2. The third kappa shape index (κ3) is 8.57. The Balaban J connectivity index is 0.00000256. The van der Waals surface area contributed by atoms with E-state index < -0.39 is 12.6 Å². The second-order valence-electron chi connectivity index (χ2n) is 3.65. The Hall–Kier alpha value is -0.140. The lowest BCUT2D eigenvalue weighted by Gasteiger charge is -2.22. The molecule has 0 aromatic rings. The summed E-state index contributed by atoms with van der Waals surface area (Å²) in [6.07, 6.45) is -4.91. The number of nitrogens with one attached hydrogen (secondary N) is 2. The summed E-state index contributed by atoms with van der Waals surface area (Å²) in [6.45, 7) is 0.521. The first-order valence-electron chi connectivity index (χ1n) is 5.12. The largest absolute Gasteiger partial charge is 0.390 e. The Morgan fingerprint density at radius 3 is 2.71 bits per heavy atom. The Morgan fingerprint density at radius 2 is 2.18 bits per heavy atom. The quantitative estimate of drug-likeness (QED) is 0.826. The van der Waals surface area contributed by atoms with Crippen LogP contribution in [0.5, 0.6) is 0 Å². The second kappa shape index (κ2) is 8.05. The first-order valence-corrected chi connectivity index (χ1v) is 6.27. The van der Waals surface area contributed by atoms with Crippen molar-refractivity contribution in [1.29, 1.82) is 0 Å². The molecule has 0 radical (unpaired) electrons. The van der Waals surface area contributed by atoms with E-state index in [0.717, 1.165) is 18.1 Å². The van der Waals surface area contributed by atoms with Gasteiger partial charge in [0.25, 0.3) is 0 Å². The van der Waals surface area contributed by atoms with Crippen molar-refractivity contribution in [3.8, 4) is 0 Å². The highest BCUT2D eigenvalue weighted by atomic mass is 35.5. The van der Waals surface area contributed by atoms with Gasteiger partial charge in [0, 0.05) is 37.1 Å². The molecule has 1 rings (SSSR count). The van der Waals surface area contributed by atoms with Crippen molar-refractivity contribution in [2.75, 3.05) is 24.6 Å². The summed E-state index contributed by atoms with van der Waals surface area (Å²) in [5.74, 6) is 1.54. The maximum absolute atomic E-state index is 11.8. The van der Waals surface area contributed by atoms with Gasteiger partial charge in [0.2, 0.25) is 5.91 Å².